The first-order valence-electron chi connectivity index (χ1n) is 6.52. The summed E-state index contributed by atoms with van der Waals surface area (Å²) in [4.78, 5) is 26.8. The zero-order chi connectivity index (χ0) is 14.4. The van der Waals surface area contributed by atoms with Crippen molar-refractivity contribution in [1.82, 2.24) is 4.90 Å². The molecule has 0 N–H and O–H groups in total. The first kappa shape index (κ1) is 15.2. The molecule has 4 nitrogen and oxygen atoms in total. The summed E-state index contributed by atoms with van der Waals surface area (Å²) in [5.41, 5.74) is 0.867. The van der Waals surface area contributed by atoms with Crippen LogP contribution in [0.1, 0.15) is 27.2 Å². The Balaban J connectivity index is 2.58. The van der Waals surface area contributed by atoms with E-state index < -0.39 is 0 Å². The van der Waals surface area contributed by atoms with Crippen LogP contribution in [-0.2, 0) is 9.59 Å². The lowest BCUT2D eigenvalue weighted by Crippen LogP contribution is -2.38. The summed E-state index contributed by atoms with van der Waals surface area (Å²) in [6.45, 7) is 5.90. The van der Waals surface area contributed by atoms with Gasteiger partial charge in [-0.15, -0.1) is 0 Å². The summed E-state index contributed by atoms with van der Waals surface area (Å²) in [5, 5.41) is 0. The molecule has 0 atom stereocenters. The van der Waals surface area contributed by atoms with Crippen molar-refractivity contribution in [2.75, 3.05) is 18.5 Å². The van der Waals surface area contributed by atoms with E-state index in [9.17, 15) is 9.59 Å². The lowest BCUT2D eigenvalue weighted by Gasteiger charge is -2.26. The Kier molecular flexibility index (Phi) is 5.55. The Morgan fingerprint density at radius 2 is 1.74 bits per heavy atom. The molecule has 0 bridgehead atoms. The van der Waals surface area contributed by atoms with Gasteiger partial charge in [0, 0.05) is 38.7 Å². The maximum Gasteiger partial charge on any atom is 0.228 e. The minimum absolute atomic E-state index is 0.00478. The molecule has 1 aromatic rings. The van der Waals surface area contributed by atoms with E-state index in [4.69, 9.17) is 0 Å². The van der Waals surface area contributed by atoms with Crippen LogP contribution in [0, 0.1) is 0 Å². The third-order valence-electron chi connectivity index (χ3n) is 3.11. The molecule has 0 spiro atoms. The molecular weight excluding hydrogens is 240 g/mol. The van der Waals surface area contributed by atoms with Crippen molar-refractivity contribution < 1.29 is 9.59 Å². The normalized spacial score (nSPS) is 10.4. The molecule has 19 heavy (non-hydrogen) atoms. The summed E-state index contributed by atoms with van der Waals surface area (Å²) < 4.78 is 0. The van der Waals surface area contributed by atoms with Crippen molar-refractivity contribution in [3.63, 3.8) is 0 Å². The lowest BCUT2D eigenvalue weighted by molar-refractivity contribution is -0.131. The molecule has 0 radical (unpaired) electrons. The molecular formula is C15H22N2O2. The molecule has 2 amide bonds. The van der Waals surface area contributed by atoms with Gasteiger partial charge in [-0.1, -0.05) is 18.2 Å². The average molecular weight is 262 g/mol. The van der Waals surface area contributed by atoms with Crippen LogP contribution in [0.3, 0.4) is 0 Å². The fourth-order valence-electron chi connectivity index (χ4n) is 1.96. The molecule has 0 fully saturated rings. The second kappa shape index (κ2) is 6.92. The maximum absolute atomic E-state index is 12.1. The number of rotatable bonds is 5. The standard InChI is InChI=1S/C15H22N2O2/c1-12(2)17(13(3)18)11-10-15(19)16(4)14-8-6-5-7-9-14/h5-9,12H,10-11H2,1-4H3. The van der Waals surface area contributed by atoms with E-state index in [0.29, 0.717) is 13.0 Å². The monoisotopic (exact) mass is 262 g/mol. The number of hydrogen-bond acceptors (Lipinski definition) is 2. The quantitative estimate of drug-likeness (QED) is 0.817. The van der Waals surface area contributed by atoms with E-state index >= 15 is 0 Å². The molecule has 0 aliphatic heterocycles. The van der Waals surface area contributed by atoms with Gasteiger partial charge in [-0.2, -0.15) is 0 Å². The molecule has 1 rings (SSSR count). The maximum atomic E-state index is 12.1. The van der Waals surface area contributed by atoms with Crippen LogP contribution >= 0.6 is 0 Å². The minimum Gasteiger partial charge on any atom is -0.340 e. The van der Waals surface area contributed by atoms with Crippen LogP contribution in [0.25, 0.3) is 0 Å². The van der Waals surface area contributed by atoms with Crippen LogP contribution in [0.15, 0.2) is 30.3 Å². The van der Waals surface area contributed by atoms with E-state index in [1.54, 1.807) is 16.8 Å². The molecule has 104 valence electrons. The van der Waals surface area contributed by atoms with Gasteiger partial charge in [0.15, 0.2) is 0 Å². The fraction of sp³-hybridized carbons (Fsp3) is 0.467. The van der Waals surface area contributed by atoms with Crippen LogP contribution in [0.4, 0.5) is 5.69 Å². The van der Waals surface area contributed by atoms with Crippen molar-refractivity contribution in [2.45, 2.75) is 33.2 Å². The molecule has 0 aromatic heterocycles. The van der Waals surface area contributed by atoms with Gasteiger partial charge in [-0.05, 0) is 26.0 Å². The van der Waals surface area contributed by atoms with Gasteiger partial charge in [0.2, 0.25) is 11.8 Å². The topological polar surface area (TPSA) is 40.6 Å². The fourth-order valence-corrected chi connectivity index (χ4v) is 1.96. The Labute approximate surface area is 115 Å². The Hall–Kier alpha value is -1.84. The number of carbonyl (C=O) groups is 2. The highest BCUT2D eigenvalue weighted by Gasteiger charge is 2.16. The van der Waals surface area contributed by atoms with Crippen LogP contribution in [0.5, 0.6) is 0 Å². The van der Waals surface area contributed by atoms with Crippen molar-refractivity contribution in [3.05, 3.63) is 30.3 Å². The van der Waals surface area contributed by atoms with Gasteiger partial charge >= 0.3 is 0 Å². The minimum atomic E-state index is 0.00478. The second-order valence-electron chi connectivity index (χ2n) is 4.84. The van der Waals surface area contributed by atoms with Crippen LogP contribution in [-0.4, -0.2) is 36.3 Å². The Morgan fingerprint density at radius 1 is 1.16 bits per heavy atom. The van der Waals surface area contributed by atoms with Crippen LogP contribution in [0.2, 0.25) is 0 Å². The number of benzene rings is 1. The largest absolute Gasteiger partial charge is 0.340 e. The highest BCUT2D eigenvalue weighted by atomic mass is 16.2. The molecule has 0 aliphatic carbocycles. The highest BCUT2D eigenvalue weighted by molar-refractivity contribution is 5.93. The van der Waals surface area contributed by atoms with Crippen molar-refractivity contribution in [1.29, 1.82) is 0 Å². The molecule has 0 aliphatic rings. The smallest absolute Gasteiger partial charge is 0.228 e. The van der Waals surface area contributed by atoms with E-state index in [-0.39, 0.29) is 17.9 Å². The predicted octanol–water partition coefficient (Wildman–Crippen LogP) is 2.30. The summed E-state index contributed by atoms with van der Waals surface area (Å²) >= 11 is 0. The first-order valence-corrected chi connectivity index (χ1v) is 6.52. The third-order valence-corrected chi connectivity index (χ3v) is 3.11. The van der Waals surface area contributed by atoms with Gasteiger partial charge in [-0.25, -0.2) is 0 Å². The van der Waals surface area contributed by atoms with E-state index in [0.717, 1.165) is 5.69 Å². The zero-order valence-corrected chi connectivity index (χ0v) is 12.1. The van der Waals surface area contributed by atoms with E-state index in [1.807, 2.05) is 44.2 Å². The third kappa shape index (κ3) is 4.39. The molecule has 4 heteroatoms. The molecule has 0 saturated heterocycles. The average Bonchev–Trinajstić information content (AvgIpc) is 2.38. The SMILES string of the molecule is CC(=O)N(CCC(=O)N(C)c1ccccc1)C(C)C. The van der Waals surface area contributed by atoms with E-state index in [1.165, 1.54) is 6.92 Å². The Bertz CT molecular complexity index is 429. The zero-order valence-electron chi connectivity index (χ0n) is 12.1. The highest BCUT2D eigenvalue weighted by Crippen LogP contribution is 2.12. The number of carbonyl (C=O) groups excluding carboxylic acids is 2. The summed E-state index contributed by atoms with van der Waals surface area (Å²) in [7, 11) is 1.76. The van der Waals surface area contributed by atoms with Gasteiger partial charge in [0.25, 0.3) is 0 Å². The number of para-hydroxylation sites is 1. The van der Waals surface area contributed by atoms with Gasteiger partial charge in [-0.3, -0.25) is 9.59 Å². The first-order chi connectivity index (χ1) is 8.93. The summed E-state index contributed by atoms with van der Waals surface area (Å²) in [6, 6.07) is 9.61. The van der Waals surface area contributed by atoms with E-state index in [2.05, 4.69) is 0 Å². The molecule has 0 saturated carbocycles. The predicted molar refractivity (Wildman–Crippen MR) is 77.0 cm³/mol. The molecule has 1 aromatic carbocycles. The van der Waals surface area contributed by atoms with Gasteiger partial charge in [0.1, 0.15) is 0 Å². The van der Waals surface area contributed by atoms with Gasteiger partial charge < -0.3 is 9.80 Å². The van der Waals surface area contributed by atoms with Gasteiger partial charge in [0.05, 0.1) is 0 Å². The van der Waals surface area contributed by atoms with Crippen molar-refractivity contribution in [3.8, 4) is 0 Å². The molecule has 0 heterocycles. The van der Waals surface area contributed by atoms with Crippen LogP contribution < -0.4 is 4.90 Å². The summed E-state index contributed by atoms with van der Waals surface area (Å²) in [6.07, 6.45) is 0.336. The summed E-state index contributed by atoms with van der Waals surface area (Å²) in [5.74, 6) is 0.0169. The number of amides is 2. The Morgan fingerprint density at radius 3 is 2.21 bits per heavy atom. The number of anilines is 1. The number of hydrogen-bond donors (Lipinski definition) is 0. The van der Waals surface area contributed by atoms with Crippen molar-refractivity contribution >= 4 is 17.5 Å². The lowest BCUT2D eigenvalue weighted by atomic mass is 10.2. The number of nitrogens with zero attached hydrogens (tertiary/aromatic N) is 2. The van der Waals surface area contributed by atoms with Crippen molar-refractivity contribution in [2.24, 2.45) is 0 Å². The molecule has 0 unspecified atom stereocenters. The second-order valence-corrected chi connectivity index (χ2v) is 4.84.